The Morgan fingerprint density at radius 2 is 1.82 bits per heavy atom. The molecule has 236 valence electrons. The Labute approximate surface area is 254 Å². The molecule has 0 unspecified atom stereocenters. The van der Waals surface area contributed by atoms with Crippen LogP contribution in [-0.4, -0.2) is 81.0 Å². The van der Waals surface area contributed by atoms with Crippen molar-refractivity contribution >= 4 is 34.9 Å². The number of nitrogens with one attached hydrogen (secondary N) is 3. The molecule has 16 heteroatoms. The van der Waals surface area contributed by atoms with Crippen molar-refractivity contribution in [2.75, 3.05) is 55.3 Å². The highest BCUT2D eigenvalue weighted by Crippen LogP contribution is 2.32. The monoisotopic (exact) mass is 628 g/mol. The first kappa shape index (κ1) is 31.3. The summed E-state index contributed by atoms with van der Waals surface area (Å²) in [7, 11) is 0. The van der Waals surface area contributed by atoms with Gasteiger partial charge in [-0.3, -0.25) is 9.69 Å². The van der Waals surface area contributed by atoms with Gasteiger partial charge >= 0.3 is 12.1 Å². The predicted molar refractivity (Wildman–Crippen MR) is 156 cm³/mol. The summed E-state index contributed by atoms with van der Waals surface area (Å²) in [6, 6.07) is 9.58. The Kier molecular flexibility index (Phi) is 9.24. The molecule has 4 N–H and O–H groups in total. The zero-order valence-electron chi connectivity index (χ0n) is 23.9. The number of aromatic nitrogens is 4. The number of nitrogens with zero attached hydrogens (tertiary/aromatic N) is 5. The maximum atomic E-state index is 13.7. The summed E-state index contributed by atoms with van der Waals surface area (Å²) >= 11 is 0. The normalized spacial score (nSPS) is 13.8. The Balaban J connectivity index is 1.35. The molecule has 0 bridgehead atoms. The van der Waals surface area contributed by atoms with E-state index < -0.39 is 29.4 Å². The minimum absolute atomic E-state index is 0.212. The van der Waals surface area contributed by atoms with Crippen LogP contribution in [0.1, 0.15) is 32.0 Å². The molecule has 0 radical (unpaired) electrons. The zero-order valence-corrected chi connectivity index (χ0v) is 23.9. The molecule has 45 heavy (non-hydrogen) atoms. The van der Waals surface area contributed by atoms with Crippen LogP contribution in [0.5, 0.6) is 0 Å². The lowest BCUT2D eigenvalue weighted by molar-refractivity contribution is -0.140. The molecular weight excluding hydrogens is 600 g/mol. The van der Waals surface area contributed by atoms with Gasteiger partial charge in [0.2, 0.25) is 0 Å². The standard InChI is InChI=1S/C29H28F4N8O4/c1-17-2-4-19(37-27(42)18-3-5-21(30)20(12-18)29(31,32)33)13-22(17)38-26-14-23(28(43)44)39-41(26)25-15-24(35-16-36-25)34-6-7-40-8-10-45-11-9-40/h2-5,12-16,38H,6-11H2,1H3,(H,37,42)(H,43,44)(H,34,35,36). The number of carbonyl (C=O) groups is 2. The number of rotatable bonds is 10. The van der Waals surface area contributed by atoms with E-state index in [1.807, 2.05) is 0 Å². The van der Waals surface area contributed by atoms with Gasteiger partial charge in [-0.1, -0.05) is 6.07 Å². The van der Waals surface area contributed by atoms with Crippen molar-refractivity contribution < 1.29 is 37.0 Å². The lowest BCUT2D eigenvalue weighted by atomic mass is 10.1. The molecule has 0 spiro atoms. The van der Waals surface area contributed by atoms with E-state index in [-0.39, 0.29) is 28.6 Å². The van der Waals surface area contributed by atoms with Crippen LogP contribution in [0.15, 0.2) is 54.9 Å². The third-order valence-corrected chi connectivity index (χ3v) is 6.93. The lowest BCUT2D eigenvalue weighted by Gasteiger charge is -2.26. The number of benzene rings is 2. The maximum Gasteiger partial charge on any atom is 0.419 e. The van der Waals surface area contributed by atoms with Crippen molar-refractivity contribution in [2.45, 2.75) is 13.1 Å². The average Bonchev–Trinajstić information content (AvgIpc) is 3.43. The number of halogens is 4. The number of amides is 1. The number of carboxylic acid groups (broad SMARTS) is 1. The number of hydrogen-bond acceptors (Lipinski definition) is 9. The Hall–Kier alpha value is -5.09. The number of ether oxygens (including phenoxy) is 1. The fraction of sp³-hybridized carbons (Fsp3) is 0.276. The molecule has 2 aromatic heterocycles. The van der Waals surface area contributed by atoms with Crippen LogP contribution in [0, 0.1) is 12.7 Å². The van der Waals surface area contributed by atoms with Gasteiger partial charge in [0, 0.05) is 55.2 Å². The highest BCUT2D eigenvalue weighted by Gasteiger charge is 2.34. The van der Waals surface area contributed by atoms with Crippen LogP contribution >= 0.6 is 0 Å². The third kappa shape index (κ3) is 7.71. The fourth-order valence-corrected chi connectivity index (χ4v) is 4.54. The number of aryl methyl sites for hydroxylation is 1. The lowest BCUT2D eigenvalue weighted by Crippen LogP contribution is -2.39. The summed E-state index contributed by atoms with van der Waals surface area (Å²) in [6.07, 6.45) is -3.65. The van der Waals surface area contributed by atoms with Gasteiger partial charge in [-0.15, -0.1) is 0 Å². The van der Waals surface area contributed by atoms with E-state index in [2.05, 4.69) is 35.9 Å². The van der Waals surface area contributed by atoms with Gasteiger partial charge in [0.15, 0.2) is 11.5 Å². The van der Waals surface area contributed by atoms with Gasteiger partial charge in [-0.2, -0.15) is 23.0 Å². The predicted octanol–water partition coefficient (Wildman–Crippen LogP) is 4.57. The molecule has 5 rings (SSSR count). The second kappa shape index (κ2) is 13.3. The second-order valence-electron chi connectivity index (χ2n) is 10.1. The van der Waals surface area contributed by atoms with Gasteiger partial charge < -0.3 is 25.8 Å². The molecule has 0 saturated carbocycles. The van der Waals surface area contributed by atoms with Crippen LogP contribution in [0.25, 0.3) is 5.82 Å². The van der Waals surface area contributed by atoms with Crippen LogP contribution in [0.3, 0.4) is 0 Å². The molecule has 1 saturated heterocycles. The Morgan fingerprint density at radius 3 is 2.56 bits per heavy atom. The third-order valence-electron chi connectivity index (χ3n) is 6.93. The first-order chi connectivity index (χ1) is 21.5. The van der Waals surface area contributed by atoms with Gasteiger partial charge in [0.05, 0.1) is 18.8 Å². The molecule has 4 aromatic rings. The van der Waals surface area contributed by atoms with Crippen molar-refractivity contribution in [3.8, 4) is 5.82 Å². The van der Waals surface area contributed by atoms with Gasteiger partial charge in [-0.25, -0.2) is 19.2 Å². The molecule has 0 atom stereocenters. The summed E-state index contributed by atoms with van der Waals surface area (Å²) in [5.41, 5.74) is -0.878. The van der Waals surface area contributed by atoms with E-state index in [9.17, 15) is 32.3 Å². The molecule has 3 heterocycles. The van der Waals surface area contributed by atoms with E-state index in [4.69, 9.17) is 4.74 Å². The second-order valence-corrected chi connectivity index (χ2v) is 10.1. The van der Waals surface area contributed by atoms with Crippen molar-refractivity contribution in [3.05, 3.63) is 83.1 Å². The summed E-state index contributed by atoms with van der Waals surface area (Å²) in [5, 5.41) is 22.6. The molecule has 1 amide bonds. The van der Waals surface area contributed by atoms with Crippen LogP contribution in [-0.2, 0) is 10.9 Å². The molecule has 1 aliphatic rings. The first-order valence-electron chi connectivity index (χ1n) is 13.7. The van der Waals surface area contributed by atoms with Crippen molar-refractivity contribution in [2.24, 2.45) is 0 Å². The zero-order chi connectivity index (χ0) is 32.1. The highest BCUT2D eigenvalue weighted by atomic mass is 19.4. The Morgan fingerprint density at radius 1 is 1.04 bits per heavy atom. The number of carbonyl (C=O) groups excluding carboxylic acids is 1. The van der Waals surface area contributed by atoms with Crippen LogP contribution < -0.4 is 16.0 Å². The minimum Gasteiger partial charge on any atom is -0.476 e. The van der Waals surface area contributed by atoms with Gasteiger partial charge in [0.25, 0.3) is 5.91 Å². The molecular formula is C29H28F4N8O4. The summed E-state index contributed by atoms with van der Waals surface area (Å²) in [4.78, 5) is 35.3. The van der Waals surface area contributed by atoms with Crippen LogP contribution in [0.4, 0.5) is 40.6 Å². The summed E-state index contributed by atoms with van der Waals surface area (Å²) in [6.45, 7) is 6.18. The van der Waals surface area contributed by atoms with E-state index in [1.54, 1.807) is 19.1 Å². The molecule has 1 aliphatic heterocycles. The van der Waals surface area contributed by atoms with E-state index in [0.717, 1.165) is 25.7 Å². The first-order valence-corrected chi connectivity index (χ1v) is 13.7. The van der Waals surface area contributed by atoms with Crippen LogP contribution in [0.2, 0.25) is 0 Å². The molecule has 12 nitrogen and oxygen atoms in total. The number of anilines is 4. The molecule has 1 fully saturated rings. The number of morpholine rings is 1. The van der Waals surface area contributed by atoms with Crippen molar-refractivity contribution in [3.63, 3.8) is 0 Å². The number of aromatic carboxylic acids is 1. The quantitative estimate of drug-likeness (QED) is 0.184. The fourth-order valence-electron chi connectivity index (χ4n) is 4.54. The topological polar surface area (TPSA) is 147 Å². The molecule has 0 aliphatic carbocycles. The summed E-state index contributed by atoms with van der Waals surface area (Å²) < 4.78 is 59.8. The van der Waals surface area contributed by atoms with E-state index >= 15 is 0 Å². The number of carboxylic acids is 1. The van der Waals surface area contributed by atoms with E-state index in [1.165, 1.54) is 29.2 Å². The average molecular weight is 629 g/mol. The summed E-state index contributed by atoms with van der Waals surface area (Å²) in [5.74, 6) is -2.65. The van der Waals surface area contributed by atoms with Gasteiger partial charge in [-0.05, 0) is 42.8 Å². The largest absolute Gasteiger partial charge is 0.476 e. The van der Waals surface area contributed by atoms with E-state index in [0.29, 0.717) is 49.0 Å². The van der Waals surface area contributed by atoms with Crippen molar-refractivity contribution in [1.29, 1.82) is 0 Å². The Bertz CT molecular complexity index is 1710. The number of hydrogen-bond donors (Lipinski definition) is 4. The SMILES string of the molecule is Cc1ccc(NC(=O)c2ccc(F)c(C(F)(F)F)c2)cc1Nc1cc(C(=O)O)nn1-c1cc(NCCN2CCOCC2)ncn1. The number of alkyl halides is 3. The molecule has 2 aromatic carbocycles. The minimum atomic E-state index is -4.97. The maximum absolute atomic E-state index is 13.7. The van der Waals surface area contributed by atoms with Gasteiger partial charge in [0.1, 0.15) is 23.8 Å². The van der Waals surface area contributed by atoms with Crippen molar-refractivity contribution in [1.82, 2.24) is 24.6 Å². The smallest absolute Gasteiger partial charge is 0.419 e. The highest BCUT2D eigenvalue weighted by molar-refractivity contribution is 6.04.